The molecule has 1 aliphatic heterocycles. The lowest BCUT2D eigenvalue weighted by Crippen LogP contribution is -2.41. The van der Waals surface area contributed by atoms with E-state index in [1.165, 1.54) is 16.2 Å². The molecule has 7 nitrogen and oxygen atoms in total. The topological polar surface area (TPSA) is 95.1 Å². The molecule has 1 fully saturated rings. The van der Waals surface area contributed by atoms with Crippen LogP contribution in [0.1, 0.15) is 12.1 Å². The number of aliphatic hydroxyl groups excluding tert-OH is 1. The van der Waals surface area contributed by atoms with Crippen LogP contribution >= 0.6 is 11.3 Å². The molecule has 2 aromatic rings. The van der Waals surface area contributed by atoms with E-state index in [1.54, 1.807) is 6.20 Å². The Morgan fingerprint density at radius 1 is 1.50 bits per heavy atom. The van der Waals surface area contributed by atoms with Gasteiger partial charge in [0, 0.05) is 30.7 Å². The van der Waals surface area contributed by atoms with Crippen molar-refractivity contribution in [3.63, 3.8) is 0 Å². The number of carbonyl (C=O) groups is 2. The van der Waals surface area contributed by atoms with Gasteiger partial charge in [-0.15, -0.1) is 11.3 Å². The van der Waals surface area contributed by atoms with Crippen molar-refractivity contribution in [3.8, 4) is 0 Å². The Labute approximate surface area is 118 Å². The van der Waals surface area contributed by atoms with Crippen LogP contribution in [0.2, 0.25) is 0 Å². The standard InChI is InChI=1S/C12H13N3O4S/c16-8-4-9(11(18)19)15(6-8)10(17)3-7-5-14-1-2-20-12(14)13-7/h1-2,5,8-9,16H,3-4,6H2,(H,18,19). The predicted molar refractivity (Wildman–Crippen MR) is 70.5 cm³/mol. The minimum Gasteiger partial charge on any atom is -0.480 e. The second kappa shape index (κ2) is 4.88. The molecule has 20 heavy (non-hydrogen) atoms. The third kappa shape index (κ3) is 2.27. The van der Waals surface area contributed by atoms with E-state index in [1.807, 2.05) is 16.0 Å². The van der Waals surface area contributed by atoms with Gasteiger partial charge in [0.15, 0.2) is 4.96 Å². The monoisotopic (exact) mass is 295 g/mol. The Bertz CT molecular complexity index is 636. The predicted octanol–water partition coefficient (Wildman–Crippen LogP) is -0.0153. The fourth-order valence-corrected chi connectivity index (χ4v) is 3.16. The molecular formula is C12H13N3O4S. The van der Waals surface area contributed by atoms with Gasteiger partial charge in [-0.05, 0) is 0 Å². The maximum Gasteiger partial charge on any atom is 0.326 e. The number of rotatable bonds is 3. The number of likely N-dealkylation sites (tertiary alicyclic amines) is 1. The van der Waals surface area contributed by atoms with Crippen LogP contribution in [0.3, 0.4) is 0 Å². The molecule has 0 saturated carbocycles. The molecule has 2 aromatic heterocycles. The second-order valence-electron chi connectivity index (χ2n) is 4.79. The highest BCUT2D eigenvalue weighted by Gasteiger charge is 2.38. The highest BCUT2D eigenvalue weighted by atomic mass is 32.1. The SMILES string of the molecule is O=C(O)C1CC(O)CN1C(=O)Cc1cn2ccsc2n1. The van der Waals surface area contributed by atoms with E-state index < -0.39 is 18.1 Å². The van der Waals surface area contributed by atoms with E-state index in [2.05, 4.69) is 4.98 Å². The number of imidazole rings is 1. The number of thiazole rings is 1. The van der Waals surface area contributed by atoms with Crippen molar-refractivity contribution in [3.05, 3.63) is 23.5 Å². The van der Waals surface area contributed by atoms with Gasteiger partial charge in [-0.2, -0.15) is 0 Å². The van der Waals surface area contributed by atoms with Crippen LogP contribution in [-0.2, 0) is 16.0 Å². The number of carboxylic acids is 1. The Kier molecular flexibility index (Phi) is 3.19. The maximum absolute atomic E-state index is 12.2. The number of aliphatic hydroxyl groups is 1. The molecule has 0 bridgehead atoms. The Morgan fingerprint density at radius 3 is 3.00 bits per heavy atom. The van der Waals surface area contributed by atoms with E-state index in [9.17, 15) is 14.7 Å². The van der Waals surface area contributed by atoms with Gasteiger partial charge in [-0.1, -0.05) is 0 Å². The number of amides is 1. The van der Waals surface area contributed by atoms with E-state index in [0.29, 0.717) is 5.69 Å². The summed E-state index contributed by atoms with van der Waals surface area (Å²) in [6.45, 7) is 0.0675. The van der Waals surface area contributed by atoms with Crippen LogP contribution in [0.4, 0.5) is 0 Å². The summed E-state index contributed by atoms with van der Waals surface area (Å²) in [5.41, 5.74) is 0.604. The largest absolute Gasteiger partial charge is 0.480 e. The van der Waals surface area contributed by atoms with Crippen LogP contribution in [0.25, 0.3) is 4.96 Å². The minimum atomic E-state index is -1.08. The van der Waals surface area contributed by atoms with Crippen molar-refractivity contribution >= 4 is 28.2 Å². The molecule has 0 spiro atoms. The number of nitrogens with zero attached hydrogens (tertiary/aromatic N) is 3. The summed E-state index contributed by atoms with van der Waals surface area (Å²) in [7, 11) is 0. The van der Waals surface area contributed by atoms with Crippen molar-refractivity contribution < 1.29 is 19.8 Å². The lowest BCUT2D eigenvalue weighted by atomic mass is 10.2. The molecule has 3 rings (SSSR count). The summed E-state index contributed by atoms with van der Waals surface area (Å²) in [4.78, 5) is 29.6. The zero-order valence-corrected chi connectivity index (χ0v) is 11.3. The fraction of sp³-hybridized carbons (Fsp3) is 0.417. The molecule has 0 aliphatic carbocycles. The van der Waals surface area contributed by atoms with E-state index >= 15 is 0 Å². The van der Waals surface area contributed by atoms with Crippen LogP contribution in [-0.4, -0.2) is 55.1 Å². The summed E-state index contributed by atoms with van der Waals surface area (Å²) >= 11 is 1.47. The maximum atomic E-state index is 12.2. The highest BCUT2D eigenvalue weighted by Crippen LogP contribution is 2.20. The van der Waals surface area contributed by atoms with Crippen molar-refractivity contribution in [1.29, 1.82) is 0 Å². The minimum absolute atomic E-state index is 0.0465. The van der Waals surface area contributed by atoms with Gasteiger partial charge in [0.05, 0.1) is 18.2 Å². The quantitative estimate of drug-likeness (QED) is 0.830. The van der Waals surface area contributed by atoms with Gasteiger partial charge in [0.25, 0.3) is 0 Å². The average molecular weight is 295 g/mol. The number of aromatic nitrogens is 2. The third-order valence-electron chi connectivity index (χ3n) is 3.36. The summed E-state index contributed by atoms with van der Waals surface area (Å²) < 4.78 is 1.82. The van der Waals surface area contributed by atoms with Gasteiger partial charge in [-0.3, -0.25) is 9.20 Å². The van der Waals surface area contributed by atoms with E-state index in [0.717, 1.165) is 4.96 Å². The number of hydrogen-bond donors (Lipinski definition) is 2. The zero-order valence-electron chi connectivity index (χ0n) is 10.5. The van der Waals surface area contributed by atoms with E-state index in [-0.39, 0.29) is 25.3 Å². The van der Waals surface area contributed by atoms with Crippen LogP contribution in [0, 0.1) is 0 Å². The first kappa shape index (κ1) is 13.1. The fourth-order valence-electron chi connectivity index (χ4n) is 2.44. The van der Waals surface area contributed by atoms with Gasteiger partial charge in [-0.25, -0.2) is 9.78 Å². The summed E-state index contributed by atoms with van der Waals surface area (Å²) in [6, 6.07) is -0.943. The molecule has 0 aromatic carbocycles. The Morgan fingerprint density at radius 2 is 2.30 bits per heavy atom. The first-order valence-electron chi connectivity index (χ1n) is 6.16. The van der Waals surface area contributed by atoms with Gasteiger partial charge in [0.1, 0.15) is 6.04 Å². The lowest BCUT2D eigenvalue weighted by molar-refractivity contribution is -0.148. The van der Waals surface area contributed by atoms with Crippen molar-refractivity contribution in [1.82, 2.24) is 14.3 Å². The summed E-state index contributed by atoms with van der Waals surface area (Å²) in [5, 5.41) is 20.5. The number of β-amino-alcohol motifs (C(OH)–C–C–N with tert-alkyl or cyclic N) is 1. The third-order valence-corrected chi connectivity index (χ3v) is 4.13. The van der Waals surface area contributed by atoms with E-state index in [4.69, 9.17) is 5.11 Å². The second-order valence-corrected chi connectivity index (χ2v) is 5.66. The first-order chi connectivity index (χ1) is 9.54. The number of carboxylic acid groups (broad SMARTS) is 1. The molecule has 2 unspecified atom stereocenters. The number of aliphatic carboxylic acids is 1. The lowest BCUT2D eigenvalue weighted by Gasteiger charge is -2.20. The molecule has 8 heteroatoms. The van der Waals surface area contributed by atoms with Crippen molar-refractivity contribution in [2.24, 2.45) is 0 Å². The number of fused-ring (bicyclic) bond motifs is 1. The molecule has 2 N–H and O–H groups in total. The summed E-state index contributed by atoms with van der Waals surface area (Å²) in [6.07, 6.45) is 2.96. The van der Waals surface area contributed by atoms with Gasteiger partial charge in [0.2, 0.25) is 5.91 Å². The molecule has 106 valence electrons. The molecule has 1 amide bonds. The van der Waals surface area contributed by atoms with Crippen LogP contribution in [0.15, 0.2) is 17.8 Å². The first-order valence-corrected chi connectivity index (χ1v) is 7.04. The van der Waals surface area contributed by atoms with Crippen molar-refractivity contribution in [2.75, 3.05) is 6.54 Å². The Hall–Kier alpha value is -1.93. The average Bonchev–Trinajstić information content (AvgIpc) is 3.02. The molecule has 0 radical (unpaired) electrons. The molecule has 1 saturated heterocycles. The molecule has 3 heterocycles. The molecule has 2 atom stereocenters. The number of carbonyl (C=O) groups excluding carboxylic acids is 1. The number of hydrogen-bond acceptors (Lipinski definition) is 5. The normalized spacial score (nSPS) is 22.6. The van der Waals surface area contributed by atoms with Crippen LogP contribution < -0.4 is 0 Å². The summed E-state index contributed by atoms with van der Waals surface area (Å²) in [5.74, 6) is -1.40. The Balaban J connectivity index is 1.75. The smallest absolute Gasteiger partial charge is 0.326 e. The van der Waals surface area contributed by atoms with Crippen molar-refractivity contribution in [2.45, 2.75) is 25.0 Å². The molecule has 1 aliphatic rings. The zero-order chi connectivity index (χ0) is 14.3. The van der Waals surface area contributed by atoms with Gasteiger partial charge >= 0.3 is 5.97 Å². The van der Waals surface area contributed by atoms with Crippen LogP contribution in [0.5, 0.6) is 0 Å². The molecular weight excluding hydrogens is 282 g/mol. The highest BCUT2D eigenvalue weighted by molar-refractivity contribution is 7.15. The van der Waals surface area contributed by atoms with Gasteiger partial charge < -0.3 is 15.1 Å².